The number of carbonyl (C=O) groups is 1. The van der Waals surface area contributed by atoms with Crippen LogP contribution in [0.25, 0.3) is 0 Å². The van der Waals surface area contributed by atoms with Crippen molar-refractivity contribution in [2.75, 3.05) is 5.32 Å². The minimum absolute atomic E-state index is 0.281. The molecule has 98 valence electrons. The topological polar surface area (TPSA) is 74.8 Å². The van der Waals surface area contributed by atoms with Crippen molar-refractivity contribution < 1.29 is 14.4 Å². The van der Waals surface area contributed by atoms with Gasteiger partial charge in [-0.3, -0.25) is 4.79 Å². The Morgan fingerprint density at radius 1 is 1.42 bits per heavy atom. The van der Waals surface area contributed by atoms with E-state index < -0.39 is 0 Å². The Labute approximate surface area is 118 Å². The monoisotopic (exact) mass is 322 g/mol. The van der Waals surface area contributed by atoms with Crippen LogP contribution in [0.3, 0.4) is 0 Å². The van der Waals surface area contributed by atoms with Gasteiger partial charge in [0.2, 0.25) is 0 Å². The zero-order chi connectivity index (χ0) is 13.8. The predicted octanol–water partition coefficient (Wildman–Crippen LogP) is 3.49. The molecule has 19 heavy (non-hydrogen) atoms. The van der Waals surface area contributed by atoms with E-state index in [4.69, 9.17) is 9.62 Å². The van der Waals surface area contributed by atoms with Gasteiger partial charge in [-0.2, -0.15) is 0 Å². The van der Waals surface area contributed by atoms with Gasteiger partial charge in [-0.05, 0) is 41.1 Å². The second-order valence-electron chi connectivity index (χ2n) is 3.83. The second-order valence-corrected chi connectivity index (χ2v) is 4.55. The summed E-state index contributed by atoms with van der Waals surface area (Å²) in [6, 6.07) is 8.60. The maximum absolute atomic E-state index is 12.0. The van der Waals surface area contributed by atoms with Crippen LogP contribution < -0.4 is 5.32 Å². The van der Waals surface area contributed by atoms with Gasteiger partial charge in [0, 0.05) is 11.3 Å². The van der Waals surface area contributed by atoms with Gasteiger partial charge >= 0.3 is 0 Å². The molecule has 2 aromatic rings. The lowest BCUT2D eigenvalue weighted by Gasteiger charge is -2.06. The molecule has 1 amide bonds. The Hall–Kier alpha value is -2.08. The average Bonchev–Trinajstić information content (AvgIpc) is 2.84. The van der Waals surface area contributed by atoms with Crippen LogP contribution in [0.2, 0.25) is 0 Å². The average molecular weight is 323 g/mol. The van der Waals surface area contributed by atoms with Gasteiger partial charge in [0.1, 0.15) is 0 Å². The van der Waals surface area contributed by atoms with Gasteiger partial charge in [-0.25, -0.2) is 0 Å². The SMILES string of the molecule is C/C(=N/O)c1cccc(NC(=O)c2ccoc2Br)c1. The maximum atomic E-state index is 12.0. The smallest absolute Gasteiger partial charge is 0.260 e. The Morgan fingerprint density at radius 3 is 2.84 bits per heavy atom. The normalized spacial score (nSPS) is 11.4. The third-order valence-electron chi connectivity index (χ3n) is 2.55. The highest BCUT2D eigenvalue weighted by molar-refractivity contribution is 9.10. The first-order chi connectivity index (χ1) is 9.11. The molecule has 0 unspecified atom stereocenters. The third kappa shape index (κ3) is 3.03. The number of benzene rings is 1. The van der Waals surface area contributed by atoms with E-state index in [-0.39, 0.29) is 5.91 Å². The Morgan fingerprint density at radius 2 is 2.21 bits per heavy atom. The molecule has 0 spiro atoms. The molecule has 0 radical (unpaired) electrons. The summed E-state index contributed by atoms with van der Waals surface area (Å²) >= 11 is 3.15. The molecular weight excluding hydrogens is 312 g/mol. The van der Waals surface area contributed by atoms with Gasteiger partial charge in [-0.15, -0.1) is 0 Å². The summed E-state index contributed by atoms with van der Waals surface area (Å²) in [5, 5.41) is 14.6. The molecule has 5 nitrogen and oxygen atoms in total. The van der Waals surface area contributed by atoms with Crippen molar-refractivity contribution in [2.45, 2.75) is 6.92 Å². The molecular formula is C13H11BrN2O3. The number of carbonyl (C=O) groups excluding carboxylic acids is 1. The first kappa shape index (κ1) is 13.4. The highest BCUT2D eigenvalue weighted by atomic mass is 79.9. The molecule has 1 aromatic heterocycles. The molecule has 2 rings (SSSR count). The number of oxime groups is 1. The molecule has 0 bridgehead atoms. The maximum Gasteiger partial charge on any atom is 0.260 e. The molecule has 0 saturated heterocycles. The van der Waals surface area contributed by atoms with Crippen LogP contribution in [-0.2, 0) is 0 Å². The van der Waals surface area contributed by atoms with E-state index in [0.717, 1.165) is 5.56 Å². The molecule has 6 heteroatoms. The summed E-state index contributed by atoms with van der Waals surface area (Å²) in [5.74, 6) is -0.281. The molecule has 0 aliphatic heterocycles. The lowest BCUT2D eigenvalue weighted by Crippen LogP contribution is -2.11. The molecule has 0 atom stereocenters. The van der Waals surface area contributed by atoms with E-state index in [1.807, 2.05) is 0 Å². The largest absolute Gasteiger partial charge is 0.457 e. The number of hydrogen-bond acceptors (Lipinski definition) is 4. The van der Waals surface area contributed by atoms with Gasteiger partial charge in [0.25, 0.3) is 5.91 Å². The van der Waals surface area contributed by atoms with Crippen molar-refractivity contribution in [3.8, 4) is 0 Å². The standard InChI is InChI=1S/C13H11BrN2O3/c1-8(16-18)9-3-2-4-10(7-9)15-13(17)11-5-6-19-12(11)14/h2-7,18H,1H3,(H,15,17)/b16-8-. The van der Waals surface area contributed by atoms with Crippen LogP contribution in [0.5, 0.6) is 0 Å². The molecule has 0 saturated carbocycles. The predicted molar refractivity (Wildman–Crippen MR) is 74.8 cm³/mol. The number of nitrogens with one attached hydrogen (secondary N) is 1. The van der Waals surface area contributed by atoms with E-state index >= 15 is 0 Å². The van der Waals surface area contributed by atoms with Crippen LogP contribution in [0.4, 0.5) is 5.69 Å². The van der Waals surface area contributed by atoms with Gasteiger partial charge < -0.3 is 14.9 Å². The van der Waals surface area contributed by atoms with Crippen molar-refractivity contribution in [1.29, 1.82) is 0 Å². The summed E-state index contributed by atoms with van der Waals surface area (Å²) < 4.78 is 5.39. The minimum atomic E-state index is -0.281. The number of nitrogens with zero attached hydrogens (tertiary/aromatic N) is 1. The van der Waals surface area contributed by atoms with Gasteiger partial charge in [-0.1, -0.05) is 17.3 Å². The zero-order valence-electron chi connectivity index (χ0n) is 10.1. The molecule has 0 aliphatic carbocycles. The van der Waals surface area contributed by atoms with E-state index in [9.17, 15) is 4.79 Å². The summed E-state index contributed by atoms with van der Waals surface area (Å²) in [7, 11) is 0. The summed E-state index contributed by atoms with van der Waals surface area (Å²) in [4.78, 5) is 12.0. The fourth-order valence-corrected chi connectivity index (χ4v) is 1.95. The van der Waals surface area contributed by atoms with Crippen LogP contribution in [0.1, 0.15) is 22.8 Å². The lowest BCUT2D eigenvalue weighted by molar-refractivity contribution is 0.102. The number of furan rings is 1. The highest BCUT2D eigenvalue weighted by Gasteiger charge is 2.12. The summed E-state index contributed by atoms with van der Waals surface area (Å²) in [5.41, 5.74) is 2.23. The second kappa shape index (κ2) is 5.71. The molecule has 1 aromatic carbocycles. The Bertz CT molecular complexity index is 634. The molecule has 2 N–H and O–H groups in total. The Balaban J connectivity index is 2.20. The van der Waals surface area contributed by atoms with Gasteiger partial charge in [0.15, 0.2) is 4.67 Å². The summed E-state index contributed by atoms with van der Waals surface area (Å²) in [6.07, 6.45) is 1.43. The third-order valence-corrected chi connectivity index (χ3v) is 3.16. The van der Waals surface area contributed by atoms with Crippen molar-refractivity contribution in [1.82, 2.24) is 0 Å². The fourth-order valence-electron chi connectivity index (χ4n) is 1.53. The molecule has 0 aliphatic rings. The number of anilines is 1. The first-order valence-corrected chi connectivity index (χ1v) is 6.24. The highest BCUT2D eigenvalue weighted by Crippen LogP contribution is 2.19. The first-order valence-electron chi connectivity index (χ1n) is 5.45. The lowest BCUT2D eigenvalue weighted by atomic mass is 10.1. The van der Waals surface area contributed by atoms with E-state index in [1.54, 1.807) is 37.3 Å². The quantitative estimate of drug-likeness (QED) is 0.516. The van der Waals surface area contributed by atoms with Crippen molar-refractivity contribution in [3.63, 3.8) is 0 Å². The van der Waals surface area contributed by atoms with Crippen molar-refractivity contribution in [3.05, 3.63) is 52.4 Å². The zero-order valence-corrected chi connectivity index (χ0v) is 11.6. The van der Waals surface area contributed by atoms with Gasteiger partial charge in [0.05, 0.1) is 17.5 Å². The molecule has 0 fully saturated rings. The van der Waals surface area contributed by atoms with Crippen molar-refractivity contribution in [2.24, 2.45) is 5.16 Å². The number of halogens is 1. The minimum Gasteiger partial charge on any atom is -0.457 e. The van der Waals surface area contributed by atoms with E-state index in [2.05, 4.69) is 26.4 Å². The van der Waals surface area contributed by atoms with Crippen LogP contribution >= 0.6 is 15.9 Å². The Kier molecular flexibility index (Phi) is 4.01. The number of hydrogen-bond donors (Lipinski definition) is 2. The van der Waals surface area contributed by atoms with E-state index in [0.29, 0.717) is 21.6 Å². The number of rotatable bonds is 3. The van der Waals surface area contributed by atoms with Crippen LogP contribution in [-0.4, -0.2) is 16.8 Å². The number of amides is 1. The van der Waals surface area contributed by atoms with Crippen LogP contribution in [0.15, 0.2) is 50.8 Å². The fraction of sp³-hybridized carbons (Fsp3) is 0.0769. The molecule has 1 heterocycles. The van der Waals surface area contributed by atoms with Crippen molar-refractivity contribution >= 4 is 33.2 Å². The van der Waals surface area contributed by atoms with E-state index in [1.165, 1.54) is 6.26 Å². The summed E-state index contributed by atoms with van der Waals surface area (Å²) in [6.45, 7) is 1.67. The van der Waals surface area contributed by atoms with Crippen LogP contribution in [0, 0.1) is 0 Å².